The van der Waals surface area contributed by atoms with Gasteiger partial charge in [0.25, 0.3) is 0 Å². The van der Waals surface area contributed by atoms with Gasteiger partial charge in [-0.05, 0) is 68.5 Å². The molecule has 0 radical (unpaired) electrons. The van der Waals surface area contributed by atoms with Crippen LogP contribution in [-0.2, 0) is 0 Å². The Morgan fingerprint density at radius 1 is 1.19 bits per heavy atom. The number of nitrogens with two attached hydrogens (primary N) is 1. The van der Waals surface area contributed by atoms with Crippen LogP contribution in [0.5, 0.6) is 0 Å². The van der Waals surface area contributed by atoms with Crippen molar-refractivity contribution in [2.75, 3.05) is 0 Å². The molecule has 3 N–H and O–H groups in total. The Kier molecular flexibility index (Phi) is 2.42. The van der Waals surface area contributed by atoms with E-state index in [0.717, 1.165) is 17.8 Å². The molecule has 0 amide bonds. The molecule has 0 spiro atoms. The summed E-state index contributed by atoms with van der Waals surface area (Å²) in [6, 6.07) is 0. The van der Waals surface area contributed by atoms with Crippen LogP contribution >= 0.6 is 12.2 Å². The molecule has 0 aromatic carbocycles. The van der Waals surface area contributed by atoms with Gasteiger partial charge in [0, 0.05) is 11.6 Å². The fourth-order valence-corrected chi connectivity index (χ4v) is 4.62. The maximum Gasteiger partial charge on any atom is 0.184 e. The second-order valence-corrected chi connectivity index (χ2v) is 6.45. The highest BCUT2D eigenvalue weighted by molar-refractivity contribution is 7.80. The molecule has 0 heterocycles. The molecule has 0 aromatic rings. The van der Waals surface area contributed by atoms with Crippen LogP contribution in [-0.4, -0.2) is 11.3 Å². The molecule has 4 aliphatic rings. The molecule has 4 heteroatoms. The molecule has 4 aliphatic carbocycles. The Balaban J connectivity index is 1.73. The van der Waals surface area contributed by atoms with E-state index in [0.29, 0.717) is 5.41 Å². The molecule has 4 bridgehead atoms. The van der Waals surface area contributed by atoms with Crippen LogP contribution in [0.4, 0.5) is 0 Å². The van der Waals surface area contributed by atoms with E-state index in [-0.39, 0.29) is 5.11 Å². The molecule has 0 aliphatic heterocycles. The molecule has 3 nitrogen and oxygen atoms in total. The highest BCUT2D eigenvalue weighted by Gasteiger charge is 2.50. The Morgan fingerprint density at radius 3 is 2.12 bits per heavy atom. The second-order valence-electron chi connectivity index (χ2n) is 6.01. The lowest BCUT2D eigenvalue weighted by atomic mass is 9.50. The lowest BCUT2D eigenvalue weighted by Crippen LogP contribution is -2.47. The van der Waals surface area contributed by atoms with Gasteiger partial charge in [-0.1, -0.05) is 0 Å². The lowest BCUT2D eigenvalue weighted by molar-refractivity contribution is -0.00975. The van der Waals surface area contributed by atoms with Crippen LogP contribution in [0, 0.1) is 23.2 Å². The van der Waals surface area contributed by atoms with Crippen molar-refractivity contribution in [1.82, 2.24) is 5.43 Å². The highest BCUT2D eigenvalue weighted by atomic mass is 32.1. The van der Waals surface area contributed by atoms with E-state index in [9.17, 15) is 0 Å². The first-order valence-electron chi connectivity index (χ1n) is 6.25. The zero-order valence-electron chi connectivity index (χ0n) is 9.48. The van der Waals surface area contributed by atoms with Gasteiger partial charge in [-0.2, -0.15) is 5.10 Å². The smallest absolute Gasteiger partial charge is 0.184 e. The summed E-state index contributed by atoms with van der Waals surface area (Å²) in [6.07, 6.45) is 10.5. The lowest BCUT2D eigenvalue weighted by Gasteiger charge is -2.55. The van der Waals surface area contributed by atoms with E-state index < -0.39 is 0 Å². The summed E-state index contributed by atoms with van der Waals surface area (Å²) in [5.74, 6) is 2.88. The normalized spacial score (nSPS) is 45.1. The Labute approximate surface area is 102 Å². The summed E-state index contributed by atoms with van der Waals surface area (Å²) >= 11 is 4.76. The van der Waals surface area contributed by atoms with Crippen LogP contribution in [0.1, 0.15) is 38.5 Å². The Morgan fingerprint density at radius 2 is 1.69 bits per heavy atom. The minimum Gasteiger partial charge on any atom is -0.375 e. The van der Waals surface area contributed by atoms with E-state index in [1.54, 1.807) is 0 Å². The van der Waals surface area contributed by atoms with E-state index in [2.05, 4.69) is 16.7 Å². The van der Waals surface area contributed by atoms with Gasteiger partial charge in [0.05, 0.1) is 0 Å². The monoisotopic (exact) mass is 237 g/mol. The molecule has 4 fully saturated rings. The van der Waals surface area contributed by atoms with Gasteiger partial charge in [0.2, 0.25) is 0 Å². The average Bonchev–Trinajstić information content (AvgIpc) is 2.13. The van der Waals surface area contributed by atoms with Crippen LogP contribution in [0.3, 0.4) is 0 Å². The molecule has 88 valence electrons. The minimum absolute atomic E-state index is 0.265. The van der Waals surface area contributed by atoms with E-state index >= 15 is 0 Å². The van der Waals surface area contributed by atoms with Crippen LogP contribution in [0.25, 0.3) is 0 Å². The quantitative estimate of drug-likeness (QED) is 0.439. The van der Waals surface area contributed by atoms with Crippen molar-refractivity contribution in [3.8, 4) is 0 Å². The van der Waals surface area contributed by atoms with Gasteiger partial charge in [0.15, 0.2) is 5.11 Å². The summed E-state index contributed by atoms with van der Waals surface area (Å²) in [5, 5.41) is 4.48. The molecule has 4 rings (SSSR count). The third-order valence-corrected chi connectivity index (χ3v) is 4.69. The van der Waals surface area contributed by atoms with Gasteiger partial charge in [-0.15, -0.1) is 0 Å². The molecule has 0 aromatic heterocycles. The van der Waals surface area contributed by atoms with Crippen molar-refractivity contribution in [1.29, 1.82) is 0 Å². The zero-order valence-corrected chi connectivity index (χ0v) is 10.3. The first-order valence-corrected chi connectivity index (χ1v) is 6.66. The molecular weight excluding hydrogens is 218 g/mol. The van der Waals surface area contributed by atoms with Crippen molar-refractivity contribution in [3.63, 3.8) is 0 Å². The van der Waals surface area contributed by atoms with Crippen molar-refractivity contribution < 1.29 is 0 Å². The fraction of sp³-hybridized carbons (Fsp3) is 0.833. The summed E-state index contributed by atoms with van der Waals surface area (Å²) < 4.78 is 0. The predicted molar refractivity (Wildman–Crippen MR) is 69.0 cm³/mol. The van der Waals surface area contributed by atoms with Gasteiger partial charge in [-0.25, -0.2) is 0 Å². The van der Waals surface area contributed by atoms with Crippen molar-refractivity contribution in [3.05, 3.63) is 0 Å². The van der Waals surface area contributed by atoms with Crippen molar-refractivity contribution in [2.45, 2.75) is 38.5 Å². The van der Waals surface area contributed by atoms with E-state index in [4.69, 9.17) is 18.0 Å². The number of nitrogens with zero attached hydrogens (tertiary/aromatic N) is 1. The summed E-state index contributed by atoms with van der Waals surface area (Å²) in [5.41, 5.74) is 8.44. The summed E-state index contributed by atoms with van der Waals surface area (Å²) in [6.45, 7) is 0. The van der Waals surface area contributed by atoms with E-state index in [1.165, 1.54) is 38.5 Å². The molecule has 4 saturated carbocycles. The topological polar surface area (TPSA) is 50.4 Å². The van der Waals surface area contributed by atoms with Gasteiger partial charge in [-0.3, -0.25) is 5.43 Å². The second kappa shape index (κ2) is 3.69. The Hall–Kier alpha value is -0.640. The number of rotatable bonds is 2. The number of nitrogens with one attached hydrogen (secondary N) is 1. The van der Waals surface area contributed by atoms with Crippen LogP contribution in [0.15, 0.2) is 5.10 Å². The third kappa shape index (κ3) is 1.83. The summed E-state index contributed by atoms with van der Waals surface area (Å²) in [7, 11) is 0. The van der Waals surface area contributed by atoms with Gasteiger partial charge < -0.3 is 5.73 Å². The molecule has 0 atom stereocenters. The predicted octanol–water partition coefficient (Wildman–Crippen LogP) is 2.02. The maximum atomic E-state index is 5.38. The Bertz CT molecular complexity index is 302. The largest absolute Gasteiger partial charge is 0.375 e. The van der Waals surface area contributed by atoms with Crippen molar-refractivity contribution in [2.24, 2.45) is 34.0 Å². The zero-order chi connectivity index (χ0) is 11.2. The molecule has 16 heavy (non-hydrogen) atoms. The standard InChI is InChI=1S/C12H19N3S/c13-11(16)15-14-7-12-4-8-1-9(5-12)3-10(2-8)6-12/h7-10H,1-6H2,(H3,13,15,16)/b14-7+. The minimum atomic E-state index is 0.265. The van der Waals surface area contributed by atoms with Gasteiger partial charge >= 0.3 is 0 Å². The van der Waals surface area contributed by atoms with Crippen molar-refractivity contribution >= 4 is 23.5 Å². The van der Waals surface area contributed by atoms with Crippen LogP contribution < -0.4 is 11.2 Å². The number of hydrogen-bond acceptors (Lipinski definition) is 2. The number of hydrazone groups is 1. The maximum absolute atomic E-state index is 5.38. The molecule has 0 unspecified atom stereocenters. The third-order valence-electron chi connectivity index (χ3n) is 4.60. The first-order chi connectivity index (χ1) is 7.65. The highest BCUT2D eigenvalue weighted by Crippen LogP contribution is 2.59. The van der Waals surface area contributed by atoms with E-state index in [1.807, 2.05) is 0 Å². The molecular formula is C12H19N3S. The average molecular weight is 237 g/mol. The number of hydrogen-bond donors (Lipinski definition) is 2. The van der Waals surface area contributed by atoms with Crippen LogP contribution in [0.2, 0.25) is 0 Å². The van der Waals surface area contributed by atoms with Gasteiger partial charge in [0.1, 0.15) is 0 Å². The number of thiocarbonyl (C=S) groups is 1. The SMILES string of the molecule is NC(=S)N/N=C/C12CC3CC(CC(C3)C1)C2. The summed E-state index contributed by atoms with van der Waals surface area (Å²) in [4.78, 5) is 0. The molecule has 0 saturated heterocycles. The first kappa shape index (κ1) is 10.5. The fourth-order valence-electron chi connectivity index (χ4n) is 4.57.